The average molecular weight is 419 g/mol. The van der Waals surface area contributed by atoms with Gasteiger partial charge >= 0.3 is 0 Å². The lowest BCUT2D eigenvalue weighted by molar-refractivity contribution is 0.248. The molecule has 2 aromatic heterocycles. The monoisotopic (exact) mass is 418 g/mol. The molecule has 3 aliphatic rings. The van der Waals surface area contributed by atoms with Crippen LogP contribution in [0.3, 0.4) is 0 Å². The molecule has 3 aromatic rings. The van der Waals surface area contributed by atoms with E-state index in [1.165, 1.54) is 31.7 Å². The normalized spacial score (nSPS) is 28.5. The number of H-pyrrole nitrogens is 1. The summed E-state index contributed by atoms with van der Waals surface area (Å²) in [6.07, 6.45) is 8.91. The number of hydrogen-bond acceptors (Lipinski definition) is 5. The smallest absolute Gasteiger partial charge is 0.178 e. The Morgan fingerprint density at radius 3 is 2.94 bits per heavy atom. The molecule has 1 aromatic carbocycles. The second-order valence-corrected chi connectivity index (χ2v) is 8.97. The van der Waals surface area contributed by atoms with Crippen molar-refractivity contribution in [1.29, 1.82) is 0 Å². The fourth-order valence-electron chi connectivity index (χ4n) is 5.65. The number of hydrogen-bond donors (Lipinski definition) is 4. The SMILES string of the molecule is Fc1cccc(-c2ccnc3nc(C4NNC5CCC(C6=CCNCC6)CC54)[nH]c23)c1. The summed E-state index contributed by atoms with van der Waals surface area (Å²) in [5, 5.41) is 3.43. The van der Waals surface area contributed by atoms with E-state index in [1.807, 2.05) is 12.1 Å². The van der Waals surface area contributed by atoms with Crippen molar-refractivity contribution in [3.05, 3.63) is 59.8 Å². The highest BCUT2D eigenvalue weighted by Gasteiger charge is 2.43. The molecule has 1 aliphatic carbocycles. The number of benzene rings is 1. The summed E-state index contributed by atoms with van der Waals surface area (Å²) in [5.74, 6) is 1.81. The Kier molecular flexibility index (Phi) is 4.82. The fraction of sp³-hybridized carbons (Fsp3) is 0.417. The van der Waals surface area contributed by atoms with E-state index >= 15 is 0 Å². The molecule has 4 unspecified atom stereocenters. The maximum Gasteiger partial charge on any atom is 0.178 e. The van der Waals surface area contributed by atoms with Gasteiger partial charge in [0.15, 0.2) is 5.65 Å². The molecule has 2 fully saturated rings. The van der Waals surface area contributed by atoms with Crippen LogP contribution in [0.2, 0.25) is 0 Å². The standard InChI is InChI=1S/C24H27FN6/c25-17-3-1-2-16(12-17)18-8-11-27-23-21(18)28-24(29-23)22-19-13-15(4-5-20(19)30-31-22)14-6-9-26-10-7-14/h1-3,6,8,11-12,15,19-20,22,26,30-31H,4-5,7,9-10,13H2,(H,27,28,29). The van der Waals surface area contributed by atoms with Gasteiger partial charge in [0.25, 0.3) is 0 Å². The van der Waals surface area contributed by atoms with Gasteiger partial charge in [0, 0.05) is 24.3 Å². The number of nitrogens with one attached hydrogen (secondary N) is 4. The van der Waals surface area contributed by atoms with Crippen LogP contribution in [0.4, 0.5) is 4.39 Å². The van der Waals surface area contributed by atoms with Crippen LogP contribution in [0.25, 0.3) is 22.3 Å². The Morgan fingerprint density at radius 1 is 1.10 bits per heavy atom. The van der Waals surface area contributed by atoms with Gasteiger partial charge in [0.2, 0.25) is 0 Å². The van der Waals surface area contributed by atoms with Crippen molar-refractivity contribution in [1.82, 2.24) is 31.1 Å². The Balaban J connectivity index is 1.32. The number of aromatic amines is 1. The Bertz CT molecular complexity index is 1140. The van der Waals surface area contributed by atoms with Gasteiger partial charge in [-0.1, -0.05) is 23.8 Å². The van der Waals surface area contributed by atoms with E-state index in [9.17, 15) is 4.39 Å². The third-order valence-corrected chi connectivity index (χ3v) is 7.22. The van der Waals surface area contributed by atoms with E-state index in [2.05, 4.69) is 32.2 Å². The number of rotatable bonds is 3. The number of imidazole rings is 1. The lowest BCUT2D eigenvalue weighted by atomic mass is 9.72. The van der Waals surface area contributed by atoms with E-state index in [1.54, 1.807) is 23.9 Å². The minimum absolute atomic E-state index is 0.115. The second kappa shape index (κ2) is 7.82. The molecule has 2 aliphatic heterocycles. The van der Waals surface area contributed by atoms with Crippen LogP contribution in [-0.2, 0) is 0 Å². The number of aromatic nitrogens is 3. The van der Waals surface area contributed by atoms with Crippen LogP contribution >= 0.6 is 0 Å². The number of fused-ring (bicyclic) bond motifs is 2. The maximum absolute atomic E-state index is 13.8. The number of halogens is 1. The number of hydrazine groups is 1. The summed E-state index contributed by atoms with van der Waals surface area (Å²) >= 11 is 0. The number of nitrogens with zero attached hydrogens (tertiary/aromatic N) is 2. The molecule has 160 valence electrons. The molecular formula is C24H27FN6. The first-order valence-corrected chi connectivity index (χ1v) is 11.3. The lowest BCUT2D eigenvalue weighted by Gasteiger charge is -2.35. The van der Waals surface area contributed by atoms with Gasteiger partial charge in [-0.25, -0.2) is 19.8 Å². The molecule has 31 heavy (non-hydrogen) atoms. The van der Waals surface area contributed by atoms with Crippen LogP contribution in [0.5, 0.6) is 0 Å². The predicted octanol–water partition coefficient (Wildman–Crippen LogP) is 3.62. The van der Waals surface area contributed by atoms with Crippen molar-refractivity contribution in [2.45, 2.75) is 37.8 Å². The van der Waals surface area contributed by atoms with Crippen molar-refractivity contribution in [2.24, 2.45) is 11.8 Å². The van der Waals surface area contributed by atoms with Crippen molar-refractivity contribution in [3.8, 4) is 11.1 Å². The Labute approximate surface area is 180 Å². The summed E-state index contributed by atoms with van der Waals surface area (Å²) in [7, 11) is 0. The molecule has 4 N–H and O–H groups in total. The molecule has 6 rings (SSSR count). The summed E-state index contributed by atoms with van der Waals surface area (Å²) in [6, 6.07) is 9.17. The molecule has 0 bridgehead atoms. The van der Waals surface area contributed by atoms with Gasteiger partial charge < -0.3 is 10.3 Å². The molecule has 0 radical (unpaired) electrons. The summed E-state index contributed by atoms with van der Waals surface area (Å²) < 4.78 is 13.8. The van der Waals surface area contributed by atoms with Gasteiger partial charge in [0.1, 0.15) is 11.6 Å². The van der Waals surface area contributed by atoms with Crippen molar-refractivity contribution in [2.75, 3.05) is 13.1 Å². The van der Waals surface area contributed by atoms with Gasteiger partial charge in [-0.2, -0.15) is 0 Å². The van der Waals surface area contributed by atoms with E-state index < -0.39 is 0 Å². The highest BCUT2D eigenvalue weighted by molar-refractivity contribution is 5.89. The highest BCUT2D eigenvalue weighted by atomic mass is 19.1. The molecule has 1 saturated heterocycles. The predicted molar refractivity (Wildman–Crippen MR) is 118 cm³/mol. The largest absolute Gasteiger partial charge is 0.339 e. The van der Waals surface area contributed by atoms with E-state index in [0.717, 1.165) is 35.6 Å². The lowest BCUT2D eigenvalue weighted by Crippen LogP contribution is -2.36. The first kappa shape index (κ1) is 19.1. The van der Waals surface area contributed by atoms with Crippen LogP contribution in [-0.4, -0.2) is 34.1 Å². The zero-order valence-electron chi connectivity index (χ0n) is 17.4. The summed E-state index contributed by atoms with van der Waals surface area (Å²) in [5.41, 5.74) is 11.9. The van der Waals surface area contributed by atoms with Gasteiger partial charge in [0.05, 0.1) is 11.6 Å². The zero-order chi connectivity index (χ0) is 20.8. The quantitative estimate of drug-likeness (QED) is 0.489. The zero-order valence-corrected chi connectivity index (χ0v) is 17.4. The molecular weight excluding hydrogens is 391 g/mol. The fourth-order valence-corrected chi connectivity index (χ4v) is 5.65. The summed E-state index contributed by atoms with van der Waals surface area (Å²) in [4.78, 5) is 12.8. The average Bonchev–Trinajstić information content (AvgIpc) is 3.43. The number of pyridine rings is 1. The first-order chi connectivity index (χ1) is 15.3. The molecule has 0 spiro atoms. The third kappa shape index (κ3) is 3.46. The van der Waals surface area contributed by atoms with E-state index in [0.29, 0.717) is 23.5 Å². The van der Waals surface area contributed by atoms with E-state index in [-0.39, 0.29) is 11.9 Å². The second-order valence-electron chi connectivity index (χ2n) is 8.97. The Hall–Kier alpha value is -2.61. The van der Waals surface area contributed by atoms with Gasteiger partial charge in [-0.3, -0.25) is 5.43 Å². The summed E-state index contributed by atoms with van der Waals surface area (Å²) in [6.45, 7) is 2.09. The molecule has 7 heteroatoms. The van der Waals surface area contributed by atoms with E-state index in [4.69, 9.17) is 4.98 Å². The van der Waals surface area contributed by atoms with Crippen molar-refractivity contribution < 1.29 is 4.39 Å². The highest BCUT2D eigenvalue weighted by Crippen LogP contribution is 2.43. The molecule has 1 saturated carbocycles. The molecule has 4 atom stereocenters. The molecule has 6 nitrogen and oxygen atoms in total. The first-order valence-electron chi connectivity index (χ1n) is 11.3. The Morgan fingerprint density at radius 2 is 2.06 bits per heavy atom. The van der Waals surface area contributed by atoms with Crippen LogP contribution in [0.15, 0.2) is 48.2 Å². The third-order valence-electron chi connectivity index (χ3n) is 7.22. The van der Waals surface area contributed by atoms with Crippen molar-refractivity contribution in [3.63, 3.8) is 0 Å². The van der Waals surface area contributed by atoms with Crippen LogP contribution in [0, 0.1) is 17.7 Å². The van der Waals surface area contributed by atoms with Crippen LogP contribution < -0.4 is 16.2 Å². The topological polar surface area (TPSA) is 77.7 Å². The minimum atomic E-state index is -0.243. The maximum atomic E-state index is 13.8. The van der Waals surface area contributed by atoms with Crippen LogP contribution in [0.1, 0.15) is 37.5 Å². The minimum Gasteiger partial charge on any atom is -0.339 e. The van der Waals surface area contributed by atoms with Crippen molar-refractivity contribution >= 4 is 11.2 Å². The van der Waals surface area contributed by atoms with Gasteiger partial charge in [-0.05, 0) is 67.8 Å². The molecule has 4 heterocycles. The van der Waals surface area contributed by atoms with Gasteiger partial charge in [-0.15, -0.1) is 0 Å². The molecule has 0 amide bonds.